The molecule has 1 heterocycles. The Morgan fingerprint density at radius 3 is 1.03 bits per heavy atom. The first-order valence-corrected chi connectivity index (χ1v) is 22.9. The van der Waals surface area contributed by atoms with E-state index in [2.05, 4.69) is 42.0 Å². The van der Waals surface area contributed by atoms with E-state index < -0.39 is 0 Å². The highest BCUT2D eigenvalue weighted by Crippen LogP contribution is 2.26. The van der Waals surface area contributed by atoms with Crippen molar-refractivity contribution in [1.29, 1.82) is 0 Å². The van der Waals surface area contributed by atoms with Crippen LogP contribution in [0.3, 0.4) is 0 Å². The van der Waals surface area contributed by atoms with Gasteiger partial charge in [-0.05, 0) is 141 Å². The van der Waals surface area contributed by atoms with Crippen LogP contribution < -0.4 is 28.4 Å². The van der Waals surface area contributed by atoms with E-state index in [1.54, 1.807) is 14.2 Å². The molecule has 0 bridgehead atoms. The second-order valence-electron chi connectivity index (χ2n) is 15.5. The lowest BCUT2D eigenvalue weighted by Gasteiger charge is -2.10. The van der Waals surface area contributed by atoms with Gasteiger partial charge in [-0.1, -0.05) is 75.4 Å². The summed E-state index contributed by atoms with van der Waals surface area (Å²) in [6.07, 6.45) is 14.6. The fraction of sp³-hybridized carbons (Fsp3) is 0.340. The molecule has 0 aliphatic rings. The molecule has 0 radical (unpaired) electrons. The zero-order chi connectivity index (χ0) is 45.9. The molecule has 0 unspecified atom stereocenters. The molecule has 0 spiro atoms. The first kappa shape index (κ1) is 48.3. The predicted octanol–water partition coefficient (Wildman–Crippen LogP) is 14.6. The van der Waals surface area contributed by atoms with Gasteiger partial charge in [0.2, 0.25) is 0 Å². The third-order valence-corrected chi connectivity index (χ3v) is 10.5. The van der Waals surface area contributed by atoms with Crippen molar-refractivity contribution in [2.45, 2.75) is 77.0 Å². The summed E-state index contributed by atoms with van der Waals surface area (Å²) < 4.78 is 34.3. The number of aromatic nitrogens is 3. The number of rotatable bonds is 30. The van der Waals surface area contributed by atoms with Crippen LogP contribution in [0.5, 0.6) is 35.0 Å². The largest absolute Gasteiger partial charge is 0.497 e. The summed E-state index contributed by atoms with van der Waals surface area (Å²) in [4.78, 5) is 13.7. The topological polar surface area (TPSA) is 143 Å². The van der Waals surface area contributed by atoms with E-state index in [0.29, 0.717) is 32.3 Å². The molecule has 0 saturated carbocycles. The summed E-state index contributed by atoms with van der Waals surface area (Å²) in [7, 11) is 3.28. The predicted molar refractivity (Wildman–Crippen MR) is 260 cm³/mol. The summed E-state index contributed by atoms with van der Waals surface area (Å²) in [5.74, 6) is 3.74. The smallest absolute Gasteiger partial charge is 0.323 e. The Hall–Kier alpha value is -7.15. The molecule has 0 aliphatic carbocycles. The number of unbranched alkanes of at least 4 members (excludes halogenated alkanes) is 10. The Morgan fingerprint density at radius 2 is 0.697 bits per heavy atom. The lowest BCUT2D eigenvalue weighted by atomic mass is 10.1. The van der Waals surface area contributed by atoms with E-state index in [0.717, 1.165) is 115 Å². The van der Waals surface area contributed by atoms with Gasteiger partial charge in [-0.3, -0.25) is 0 Å². The van der Waals surface area contributed by atoms with Crippen molar-refractivity contribution < 1.29 is 28.4 Å². The third-order valence-electron chi connectivity index (χ3n) is 10.5. The first-order valence-electron chi connectivity index (χ1n) is 22.9. The molecule has 0 aliphatic heterocycles. The number of ether oxygens (including phenoxy) is 6. The molecular weight excluding hydrogens is 831 g/mol. The summed E-state index contributed by atoms with van der Waals surface area (Å²) in [5.41, 5.74) is 4.94. The molecule has 13 nitrogen and oxygen atoms in total. The molecule has 6 rings (SSSR count). The molecule has 66 heavy (non-hydrogen) atoms. The van der Waals surface area contributed by atoms with Crippen molar-refractivity contribution in [1.82, 2.24) is 15.0 Å². The quantitative estimate of drug-likeness (QED) is 0.0319. The van der Waals surface area contributed by atoms with Crippen molar-refractivity contribution in [3.05, 3.63) is 133 Å². The Labute approximate surface area is 389 Å². The van der Waals surface area contributed by atoms with Crippen LogP contribution in [-0.2, 0) is 0 Å². The van der Waals surface area contributed by atoms with Crippen LogP contribution in [0.1, 0.15) is 82.6 Å². The Bertz CT molecular complexity index is 2360. The molecule has 0 atom stereocenters. The zero-order valence-corrected chi connectivity index (χ0v) is 38.2. The molecule has 344 valence electrons. The summed E-state index contributed by atoms with van der Waals surface area (Å²) >= 11 is 0. The van der Waals surface area contributed by atoms with Gasteiger partial charge in [0.15, 0.2) is 5.82 Å². The van der Waals surface area contributed by atoms with Crippen molar-refractivity contribution >= 4 is 28.8 Å². The van der Waals surface area contributed by atoms with Gasteiger partial charge < -0.3 is 28.4 Å². The molecule has 6 aromatic rings. The van der Waals surface area contributed by atoms with E-state index in [4.69, 9.17) is 28.4 Å². The van der Waals surface area contributed by atoms with E-state index in [1.165, 1.54) is 19.3 Å². The lowest BCUT2D eigenvalue weighted by Crippen LogP contribution is -2.08. The Morgan fingerprint density at radius 1 is 0.379 bits per heavy atom. The molecule has 0 N–H and O–H groups in total. The third kappa shape index (κ3) is 17.4. The minimum atomic E-state index is 0.269. The monoisotopic (exact) mass is 891 g/mol. The minimum Gasteiger partial charge on any atom is -0.497 e. The van der Waals surface area contributed by atoms with Crippen LogP contribution >= 0.6 is 0 Å². The maximum Gasteiger partial charge on any atom is 0.323 e. The van der Waals surface area contributed by atoms with Gasteiger partial charge in [0, 0.05) is 5.56 Å². The first-order chi connectivity index (χ1) is 32.6. The maximum absolute atomic E-state index is 6.04. The van der Waals surface area contributed by atoms with Crippen LogP contribution in [0.25, 0.3) is 17.5 Å². The van der Waals surface area contributed by atoms with Crippen LogP contribution in [-0.4, -0.2) is 55.6 Å². The SMILES string of the molecule is C=Cc1ccc(-c2nc(OCCCCCCCCCCOc3ccc(N=Nc4ccc(OC)cc4)cc3)nc(OCCCCCCOc3ccc(N=Nc4ccc(OC)cc4)cc3)n2)cc1. The van der Waals surface area contributed by atoms with Crippen molar-refractivity contribution in [2.75, 3.05) is 40.6 Å². The van der Waals surface area contributed by atoms with Crippen LogP contribution in [0.4, 0.5) is 22.7 Å². The number of nitrogens with zero attached hydrogens (tertiary/aromatic N) is 7. The van der Waals surface area contributed by atoms with Crippen molar-refractivity contribution in [3.8, 4) is 46.4 Å². The Balaban J connectivity index is 0.816. The average molecular weight is 892 g/mol. The number of hydrogen-bond acceptors (Lipinski definition) is 13. The normalized spacial score (nSPS) is 11.2. The summed E-state index contributed by atoms with van der Waals surface area (Å²) in [6, 6.07) is 38.7. The molecule has 5 aromatic carbocycles. The minimum absolute atomic E-state index is 0.269. The van der Waals surface area contributed by atoms with Gasteiger partial charge in [0.1, 0.15) is 23.0 Å². The molecule has 0 amide bonds. The number of benzene rings is 5. The highest BCUT2D eigenvalue weighted by molar-refractivity contribution is 5.59. The van der Waals surface area contributed by atoms with Gasteiger partial charge in [0.05, 0.1) is 63.4 Å². The molecular formula is C53H61N7O6. The van der Waals surface area contributed by atoms with E-state index in [1.807, 2.05) is 127 Å². The summed E-state index contributed by atoms with van der Waals surface area (Å²) in [5, 5.41) is 17.2. The fourth-order valence-electron chi connectivity index (χ4n) is 6.64. The van der Waals surface area contributed by atoms with E-state index in [-0.39, 0.29) is 12.0 Å². The fourth-order valence-corrected chi connectivity index (χ4v) is 6.64. The number of hydrogen-bond donors (Lipinski definition) is 0. The van der Waals surface area contributed by atoms with Crippen molar-refractivity contribution in [2.24, 2.45) is 20.5 Å². The van der Waals surface area contributed by atoms with Gasteiger partial charge >= 0.3 is 12.0 Å². The van der Waals surface area contributed by atoms with Crippen LogP contribution in [0.2, 0.25) is 0 Å². The molecule has 0 saturated heterocycles. The standard InChI is InChI=1S/C53H61N7O6/c1-4-41-17-19-42(20-18-41)51-54-52(56-53(55-51)66-40-16-12-11-14-38-64-50-35-27-46(28-36-50)60-58-44-23-31-48(62-3)32-24-44)65-39-15-10-8-6-5-7-9-13-37-63-49-33-25-45(26-34-49)59-57-43-21-29-47(61-2)30-22-43/h4,17-36H,1,5-16,37-40H2,2-3H3. The molecule has 1 aromatic heterocycles. The molecule has 13 heteroatoms. The van der Waals surface area contributed by atoms with Crippen molar-refractivity contribution in [3.63, 3.8) is 0 Å². The van der Waals surface area contributed by atoms with Gasteiger partial charge in [-0.15, -0.1) is 4.98 Å². The number of azo groups is 2. The Kier molecular flexibility index (Phi) is 20.4. The summed E-state index contributed by atoms with van der Waals surface area (Å²) in [6.45, 7) is 6.22. The molecule has 0 fully saturated rings. The second kappa shape index (κ2) is 27.9. The van der Waals surface area contributed by atoms with Gasteiger partial charge in [-0.25, -0.2) is 0 Å². The highest BCUT2D eigenvalue weighted by atomic mass is 16.5. The number of methoxy groups -OCH3 is 2. The maximum atomic E-state index is 6.04. The van der Waals surface area contributed by atoms with Crippen LogP contribution in [0, 0.1) is 0 Å². The zero-order valence-electron chi connectivity index (χ0n) is 38.2. The van der Waals surface area contributed by atoms with E-state index >= 15 is 0 Å². The lowest BCUT2D eigenvalue weighted by molar-refractivity contribution is 0.251. The van der Waals surface area contributed by atoms with Gasteiger partial charge in [0.25, 0.3) is 0 Å². The highest BCUT2D eigenvalue weighted by Gasteiger charge is 2.11. The van der Waals surface area contributed by atoms with Gasteiger partial charge in [-0.2, -0.15) is 30.4 Å². The second-order valence-corrected chi connectivity index (χ2v) is 15.5. The van der Waals surface area contributed by atoms with Crippen LogP contribution in [0.15, 0.2) is 148 Å². The average Bonchev–Trinajstić information content (AvgIpc) is 3.37. The van der Waals surface area contributed by atoms with E-state index in [9.17, 15) is 0 Å².